The Bertz CT molecular complexity index is 1060. The molecule has 27 heavy (non-hydrogen) atoms. The summed E-state index contributed by atoms with van der Waals surface area (Å²) in [6.45, 7) is 0. The van der Waals surface area contributed by atoms with Crippen LogP contribution < -0.4 is 5.43 Å². The number of amides is 1. The third-order valence-electron chi connectivity index (χ3n) is 3.93. The monoisotopic (exact) mass is 364 g/mol. The number of esters is 1. The average molecular weight is 364 g/mol. The molecular weight excluding hydrogens is 348 g/mol. The summed E-state index contributed by atoms with van der Waals surface area (Å²) in [7, 11) is 1.25. The van der Waals surface area contributed by atoms with E-state index in [2.05, 4.69) is 15.3 Å². The van der Waals surface area contributed by atoms with Gasteiger partial charge in [-0.3, -0.25) is 4.79 Å². The molecule has 0 saturated carbocycles. The van der Waals surface area contributed by atoms with Crippen LogP contribution in [-0.4, -0.2) is 35.4 Å². The molecule has 3 aromatic carbocycles. The summed E-state index contributed by atoms with van der Waals surface area (Å²) in [5.74, 6) is -1.46. The highest BCUT2D eigenvalue weighted by atomic mass is 16.5. The zero-order valence-corrected chi connectivity index (χ0v) is 14.3. The summed E-state index contributed by atoms with van der Waals surface area (Å²) in [5, 5.41) is 25.3. The van der Waals surface area contributed by atoms with Crippen LogP contribution in [-0.2, 0) is 4.74 Å². The van der Waals surface area contributed by atoms with Crippen molar-refractivity contribution in [2.45, 2.75) is 0 Å². The zero-order chi connectivity index (χ0) is 19.4. The van der Waals surface area contributed by atoms with Crippen LogP contribution in [0.2, 0.25) is 0 Å². The molecule has 3 aromatic rings. The van der Waals surface area contributed by atoms with E-state index in [1.165, 1.54) is 37.6 Å². The van der Waals surface area contributed by atoms with Crippen molar-refractivity contribution in [3.05, 3.63) is 71.3 Å². The maximum Gasteiger partial charge on any atom is 0.337 e. The number of ether oxygens (including phenoxy) is 1. The number of nitrogens with one attached hydrogen (secondary N) is 1. The number of fused-ring (bicyclic) bond motifs is 1. The molecule has 136 valence electrons. The van der Waals surface area contributed by atoms with E-state index in [1.807, 2.05) is 24.3 Å². The second-order valence-corrected chi connectivity index (χ2v) is 5.68. The van der Waals surface area contributed by atoms with Crippen molar-refractivity contribution in [3.8, 4) is 11.5 Å². The van der Waals surface area contributed by atoms with Gasteiger partial charge in [0.15, 0.2) is 0 Å². The largest absolute Gasteiger partial charge is 0.507 e. The SMILES string of the molecule is COC(=O)c1ccc(O)c(C=NNC(=O)c2cc3ccccc3cc2O)c1. The lowest BCUT2D eigenvalue weighted by molar-refractivity contribution is 0.0600. The predicted octanol–water partition coefficient (Wildman–Crippen LogP) is 2.80. The molecular formula is C20H16N2O5. The topological polar surface area (TPSA) is 108 Å². The molecule has 0 unspecified atom stereocenters. The number of aromatic hydroxyl groups is 2. The van der Waals surface area contributed by atoms with E-state index in [9.17, 15) is 19.8 Å². The maximum atomic E-state index is 12.3. The predicted molar refractivity (Wildman–Crippen MR) is 100 cm³/mol. The van der Waals surface area contributed by atoms with Gasteiger partial charge in [-0.25, -0.2) is 10.2 Å². The maximum absolute atomic E-state index is 12.3. The minimum atomic E-state index is -0.613. The van der Waals surface area contributed by atoms with Crippen molar-refractivity contribution in [3.63, 3.8) is 0 Å². The number of hydrazone groups is 1. The highest BCUT2D eigenvalue weighted by molar-refractivity contribution is 6.02. The Morgan fingerprint density at radius 2 is 1.70 bits per heavy atom. The van der Waals surface area contributed by atoms with E-state index in [4.69, 9.17) is 0 Å². The normalized spacial score (nSPS) is 10.9. The summed E-state index contributed by atoms with van der Waals surface area (Å²) >= 11 is 0. The Balaban J connectivity index is 1.80. The summed E-state index contributed by atoms with van der Waals surface area (Å²) < 4.78 is 4.62. The van der Waals surface area contributed by atoms with Gasteiger partial charge in [0.2, 0.25) is 0 Å². The molecule has 3 rings (SSSR count). The Hall–Kier alpha value is -3.87. The molecule has 0 saturated heterocycles. The van der Waals surface area contributed by atoms with Gasteiger partial charge in [-0.1, -0.05) is 24.3 Å². The van der Waals surface area contributed by atoms with Crippen LogP contribution in [0.15, 0.2) is 59.7 Å². The van der Waals surface area contributed by atoms with E-state index in [0.717, 1.165) is 10.8 Å². The molecule has 0 radical (unpaired) electrons. The smallest absolute Gasteiger partial charge is 0.337 e. The van der Waals surface area contributed by atoms with E-state index in [0.29, 0.717) is 0 Å². The lowest BCUT2D eigenvalue weighted by atomic mass is 10.1. The molecule has 0 atom stereocenters. The molecule has 0 fully saturated rings. The third-order valence-corrected chi connectivity index (χ3v) is 3.93. The van der Waals surface area contributed by atoms with Crippen LogP contribution >= 0.6 is 0 Å². The first-order valence-corrected chi connectivity index (χ1v) is 7.96. The number of rotatable bonds is 4. The van der Waals surface area contributed by atoms with Crippen molar-refractivity contribution in [2.75, 3.05) is 7.11 Å². The number of nitrogens with zero attached hydrogens (tertiary/aromatic N) is 1. The first-order valence-electron chi connectivity index (χ1n) is 7.96. The molecule has 0 aromatic heterocycles. The number of phenolic OH excluding ortho intramolecular Hbond substituents is 2. The molecule has 7 heteroatoms. The van der Waals surface area contributed by atoms with Crippen molar-refractivity contribution >= 4 is 28.9 Å². The van der Waals surface area contributed by atoms with Gasteiger partial charge in [0.05, 0.1) is 24.5 Å². The molecule has 0 aliphatic rings. The number of benzene rings is 3. The Morgan fingerprint density at radius 1 is 1.00 bits per heavy atom. The van der Waals surface area contributed by atoms with Gasteiger partial charge in [-0.05, 0) is 41.1 Å². The second kappa shape index (κ2) is 7.57. The van der Waals surface area contributed by atoms with Crippen molar-refractivity contribution in [2.24, 2.45) is 5.10 Å². The first-order chi connectivity index (χ1) is 13.0. The number of methoxy groups -OCH3 is 1. The van der Waals surface area contributed by atoms with Crippen LogP contribution in [0.4, 0.5) is 0 Å². The van der Waals surface area contributed by atoms with Crippen LogP contribution in [0, 0.1) is 0 Å². The molecule has 0 heterocycles. The summed E-state index contributed by atoms with van der Waals surface area (Å²) in [6, 6.07) is 14.5. The highest BCUT2D eigenvalue weighted by Gasteiger charge is 2.12. The number of hydrogen-bond acceptors (Lipinski definition) is 6. The molecule has 0 spiro atoms. The van der Waals surface area contributed by atoms with Crippen LogP contribution in [0.5, 0.6) is 11.5 Å². The second-order valence-electron chi connectivity index (χ2n) is 5.68. The zero-order valence-electron chi connectivity index (χ0n) is 14.3. The fourth-order valence-electron chi connectivity index (χ4n) is 2.53. The first kappa shape index (κ1) is 17.9. The van der Waals surface area contributed by atoms with E-state index in [1.54, 1.807) is 6.07 Å². The Labute approximate surface area is 154 Å². The molecule has 0 aliphatic carbocycles. The van der Waals surface area contributed by atoms with Gasteiger partial charge in [0.25, 0.3) is 5.91 Å². The average Bonchev–Trinajstić information content (AvgIpc) is 2.68. The van der Waals surface area contributed by atoms with Crippen LogP contribution in [0.3, 0.4) is 0 Å². The third kappa shape index (κ3) is 3.87. The van der Waals surface area contributed by atoms with Gasteiger partial charge in [-0.2, -0.15) is 5.10 Å². The molecule has 0 bridgehead atoms. The van der Waals surface area contributed by atoms with Crippen LogP contribution in [0.1, 0.15) is 26.3 Å². The van der Waals surface area contributed by atoms with Gasteiger partial charge >= 0.3 is 5.97 Å². The fourth-order valence-corrected chi connectivity index (χ4v) is 2.53. The molecule has 3 N–H and O–H groups in total. The van der Waals surface area contributed by atoms with E-state index < -0.39 is 11.9 Å². The Morgan fingerprint density at radius 3 is 2.41 bits per heavy atom. The molecule has 7 nitrogen and oxygen atoms in total. The number of carbonyl (C=O) groups is 2. The lowest BCUT2D eigenvalue weighted by Crippen LogP contribution is -2.17. The number of carbonyl (C=O) groups excluding carboxylic acids is 2. The standard InChI is InChI=1S/C20H16N2O5/c1-27-20(26)14-6-7-17(23)15(8-14)11-21-22-19(25)16-9-12-4-2-3-5-13(12)10-18(16)24/h2-11,23-24H,1H3,(H,22,25). The summed E-state index contributed by atoms with van der Waals surface area (Å²) in [6.07, 6.45) is 1.19. The highest BCUT2D eigenvalue weighted by Crippen LogP contribution is 2.25. The minimum Gasteiger partial charge on any atom is -0.507 e. The quantitative estimate of drug-likeness (QED) is 0.375. The number of hydrogen-bond donors (Lipinski definition) is 3. The van der Waals surface area contributed by atoms with Crippen molar-refractivity contribution in [1.29, 1.82) is 0 Å². The molecule has 1 amide bonds. The van der Waals surface area contributed by atoms with Gasteiger partial charge in [0.1, 0.15) is 11.5 Å². The fraction of sp³-hybridized carbons (Fsp3) is 0.0500. The van der Waals surface area contributed by atoms with E-state index in [-0.39, 0.29) is 28.2 Å². The Kier molecular flexibility index (Phi) is 5.03. The van der Waals surface area contributed by atoms with Crippen molar-refractivity contribution < 1.29 is 24.5 Å². The van der Waals surface area contributed by atoms with Gasteiger partial charge < -0.3 is 14.9 Å². The van der Waals surface area contributed by atoms with Gasteiger partial charge in [0, 0.05) is 5.56 Å². The van der Waals surface area contributed by atoms with E-state index >= 15 is 0 Å². The van der Waals surface area contributed by atoms with Crippen molar-refractivity contribution in [1.82, 2.24) is 5.43 Å². The number of phenols is 2. The summed E-state index contributed by atoms with van der Waals surface area (Å²) in [5.41, 5.74) is 2.81. The lowest BCUT2D eigenvalue weighted by Gasteiger charge is -2.06. The molecule has 0 aliphatic heterocycles. The van der Waals surface area contributed by atoms with Crippen LogP contribution in [0.25, 0.3) is 10.8 Å². The van der Waals surface area contributed by atoms with Gasteiger partial charge in [-0.15, -0.1) is 0 Å². The summed E-state index contributed by atoms with van der Waals surface area (Å²) in [4.78, 5) is 23.8. The minimum absolute atomic E-state index is 0.0679.